The summed E-state index contributed by atoms with van der Waals surface area (Å²) in [7, 11) is 3.23. The third-order valence-corrected chi connectivity index (χ3v) is 6.16. The summed E-state index contributed by atoms with van der Waals surface area (Å²) >= 11 is 0. The lowest BCUT2D eigenvalue weighted by Gasteiger charge is -2.25. The number of fused-ring (bicyclic) bond motifs is 2. The number of carbonyl (C=O) groups is 1. The third kappa shape index (κ3) is 4.17. The molecule has 3 aromatic rings. The van der Waals surface area contributed by atoms with Gasteiger partial charge < -0.3 is 24.0 Å². The number of carbonyl (C=O) groups excluding carboxylic acids is 1. The van der Waals surface area contributed by atoms with E-state index in [4.69, 9.17) is 19.2 Å². The Kier molecular flexibility index (Phi) is 6.08. The van der Waals surface area contributed by atoms with Crippen molar-refractivity contribution in [3.05, 3.63) is 77.9 Å². The van der Waals surface area contributed by atoms with Crippen LogP contribution >= 0.6 is 0 Å². The zero-order chi connectivity index (χ0) is 23.5. The molecule has 7 heteroatoms. The lowest BCUT2D eigenvalue weighted by atomic mass is 10.1. The molecule has 0 bridgehead atoms. The van der Waals surface area contributed by atoms with Crippen molar-refractivity contribution in [3.8, 4) is 23.0 Å². The summed E-state index contributed by atoms with van der Waals surface area (Å²) in [6.45, 7) is 2.70. The molecule has 7 nitrogen and oxygen atoms in total. The van der Waals surface area contributed by atoms with E-state index in [0.29, 0.717) is 42.4 Å². The molecule has 0 atom stereocenters. The van der Waals surface area contributed by atoms with Crippen molar-refractivity contribution >= 4 is 17.4 Å². The Morgan fingerprint density at radius 1 is 0.882 bits per heavy atom. The van der Waals surface area contributed by atoms with E-state index < -0.39 is 0 Å². The average Bonchev–Trinajstić information content (AvgIpc) is 3.22. The number of hydrogen-bond acceptors (Lipinski definition) is 6. The van der Waals surface area contributed by atoms with Crippen molar-refractivity contribution in [1.29, 1.82) is 0 Å². The molecule has 3 aromatic carbocycles. The lowest BCUT2D eigenvalue weighted by Crippen LogP contribution is -2.37. The fourth-order valence-electron chi connectivity index (χ4n) is 4.39. The summed E-state index contributed by atoms with van der Waals surface area (Å²) in [5.41, 5.74) is 2.27. The van der Waals surface area contributed by atoms with Crippen molar-refractivity contribution in [3.63, 3.8) is 0 Å². The van der Waals surface area contributed by atoms with E-state index in [1.807, 2.05) is 71.6 Å². The lowest BCUT2D eigenvalue weighted by molar-refractivity contribution is 0.0760. The number of amides is 1. The SMILES string of the molecule is COc1ccc2c(c1)Oc1ccccc1N=C2N1CCCN(C(=O)c2ccccc2OC)CC1. The Labute approximate surface area is 199 Å². The van der Waals surface area contributed by atoms with Gasteiger partial charge in [0.25, 0.3) is 5.91 Å². The van der Waals surface area contributed by atoms with Crippen LogP contribution < -0.4 is 14.2 Å². The number of nitrogens with zero attached hydrogens (tertiary/aromatic N) is 3. The van der Waals surface area contributed by atoms with E-state index in [2.05, 4.69) is 4.90 Å². The maximum atomic E-state index is 13.3. The molecule has 1 fully saturated rings. The van der Waals surface area contributed by atoms with Gasteiger partial charge in [-0.2, -0.15) is 0 Å². The summed E-state index contributed by atoms with van der Waals surface area (Å²) in [6, 6.07) is 20.9. The van der Waals surface area contributed by atoms with Crippen LogP contribution in [0.25, 0.3) is 0 Å². The number of methoxy groups -OCH3 is 2. The molecule has 0 aromatic heterocycles. The number of rotatable bonds is 3. The van der Waals surface area contributed by atoms with E-state index in [1.54, 1.807) is 14.2 Å². The van der Waals surface area contributed by atoms with E-state index in [0.717, 1.165) is 35.8 Å². The van der Waals surface area contributed by atoms with Gasteiger partial charge >= 0.3 is 0 Å². The zero-order valence-corrected chi connectivity index (χ0v) is 19.4. The van der Waals surface area contributed by atoms with Crippen LogP contribution in [0.5, 0.6) is 23.0 Å². The molecule has 2 heterocycles. The summed E-state index contributed by atoms with van der Waals surface area (Å²) in [4.78, 5) is 22.4. The topological polar surface area (TPSA) is 63.6 Å². The standard InChI is InChI=1S/C27H27N3O4/c1-32-19-12-13-20-25(18-19)34-24-11-6-4-9-22(24)28-26(20)29-14-7-15-30(17-16-29)27(31)21-8-3-5-10-23(21)33-2/h3-6,8-13,18H,7,14-17H2,1-2H3. The Balaban J connectivity index is 1.45. The van der Waals surface area contributed by atoms with Crippen LogP contribution in [-0.2, 0) is 0 Å². The van der Waals surface area contributed by atoms with Crippen LogP contribution in [0.4, 0.5) is 5.69 Å². The molecule has 0 spiro atoms. The molecule has 1 amide bonds. The number of hydrogen-bond donors (Lipinski definition) is 0. The summed E-state index contributed by atoms with van der Waals surface area (Å²) < 4.78 is 17.1. The van der Waals surface area contributed by atoms with Crippen molar-refractivity contribution in [2.75, 3.05) is 40.4 Å². The highest BCUT2D eigenvalue weighted by Gasteiger charge is 2.27. The fraction of sp³-hybridized carbons (Fsp3) is 0.259. The van der Waals surface area contributed by atoms with Crippen LogP contribution in [0, 0.1) is 0 Å². The maximum Gasteiger partial charge on any atom is 0.257 e. The second kappa shape index (κ2) is 9.47. The minimum absolute atomic E-state index is 0.0130. The fourth-order valence-corrected chi connectivity index (χ4v) is 4.39. The molecule has 5 rings (SSSR count). The number of aliphatic imine (C=N–C) groups is 1. The zero-order valence-electron chi connectivity index (χ0n) is 19.4. The van der Waals surface area contributed by atoms with Gasteiger partial charge in [-0.05, 0) is 42.8 Å². The third-order valence-electron chi connectivity index (χ3n) is 6.16. The predicted molar refractivity (Wildman–Crippen MR) is 131 cm³/mol. The molecule has 0 radical (unpaired) electrons. The Morgan fingerprint density at radius 2 is 1.71 bits per heavy atom. The highest BCUT2D eigenvalue weighted by molar-refractivity contribution is 6.04. The number of amidine groups is 1. The van der Waals surface area contributed by atoms with Gasteiger partial charge in [-0.3, -0.25) is 4.79 Å². The second-order valence-corrected chi connectivity index (χ2v) is 8.20. The molecule has 0 unspecified atom stereocenters. The smallest absolute Gasteiger partial charge is 0.257 e. The monoisotopic (exact) mass is 457 g/mol. The second-order valence-electron chi connectivity index (χ2n) is 8.20. The highest BCUT2D eigenvalue weighted by Crippen LogP contribution is 2.39. The minimum Gasteiger partial charge on any atom is -0.497 e. The van der Waals surface area contributed by atoms with Gasteiger partial charge in [0.15, 0.2) is 5.75 Å². The molecule has 0 aliphatic carbocycles. The van der Waals surface area contributed by atoms with Crippen molar-refractivity contribution in [1.82, 2.24) is 9.80 Å². The number of para-hydroxylation sites is 3. The van der Waals surface area contributed by atoms with Gasteiger partial charge in [-0.15, -0.1) is 0 Å². The first-order valence-corrected chi connectivity index (χ1v) is 11.4. The van der Waals surface area contributed by atoms with Gasteiger partial charge in [-0.25, -0.2) is 4.99 Å². The minimum atomic E-state index is -0.0130. The Bertz CT molecular complexity index is 1240. The van der Waals surface area contributed by atoms with Gasteiger partial charge in [0, 0.05) is 32.2 Å². The molecule has 2 aliphatic rings. The summed E-state index contributed by atoms with van der Waals surface area (Å²) in [5.74, 6) is 3.56. The summed E-state index contributed by atoms with van der Waals surface area (Å²) in [6.07, 6.45) is 0.827. The quantitative estimate of drug-likeness (QED) is 0.569. The molecular formula is C27H27N3O4. The van der Waals surface area contributed by atoms with E-state index in [-0.39, 0.29) is 5.91 Å². The molecule has 0 N–H and O–H groups in total. The van der Waals surface area contributed by atoms with Gasteiger partial charge in [0.05, 0.1) is 25.3 Å². The molecule has 174 valence electrons. The molecule has 0 saturated carbocycles. The number of ether oxygens (including phenoxy) is 3. The van der Waals surface area contributed by atoms with Crippen LogP contribution in [0.15, 0.2) is 71.7 Å². The molecule has 2 aliphatic heterocycles. The van der Waals surface area contributed by atoms with E-state index >= 15 is 0 Å². The normalized spacial score (nSPS) is 15.2. The van der Waals surface area contributed by atoms with E-state index in [9.17, 15) is 4.79 Å². The molecule has 1 saturated heterocycles. The van der Waals surface area contributed by atoms with Gasteiger partial charge in [-0.1, -0.05) is 24.3 Å². The van der Waals surface area contributed by atoms with Crippen LogP contribution in [0.3, 0.4) is 0 Å². The molecule has 34 heavy (non-hydrogen) atoms. The van der Waals surface area contributed by atoms with Crippen LogP contribution in [-0.4, -0.2) is 61.9 Å². The van der Waals surface area contributed by atoms with E-state index in [1.165, 1.54) is 0 Å². The van der Waals surface area contributed by atoms with Crippen molar-refractivity contribution in [2.24, 2.45) is 4.99 Å². The van der Waals surface area contributed by atoms with Crippen molar-refractivity contribution < 1.29 is 19.0 Å². The first-order chi connectivity index (χ1) is 16.7. The molecular weight excluding hydrogens is 430 g/mol. The van der Waals surface area contributed by atoms with Crippen LogP contribution in [0.1, 0.15) is 22.3 Å². The first-order valence-electron chi connectivity index (χ1n) is 11.4. The average molecular weight is 458 g/mol. The first kappa shape index (κ1) is 21.8. The Hall–Kier alpha value is -4.00. The van der Waals surface area contributed by atoms with Crippen molar-refractivity contribution in [2.45, 2.75) is 6.42 Å². The van der Waals surface area contributed by atoms with Gasteiger partial charge in [0.2, 0.25) is 0 Å². The highest BCUT2D eigenvalue weighted by atomic mass is 16.5. The largest absolute Gasteiger partial charge is 0.497 e. The number of benzene rings is 3. The predicted octanol–water partition coefficient (Wildman–Crippen LogP) is 4.74. The van der Waals surface area contributed by atoms with Gasteiger partial charge in [0.1, 0.15) is 28.8 Å². The Morgan fingerprint density at radius 3 is 2.56 bits per heavy atom. The summed E-state index contributed by atoms with van der Waals surface area (Å²) in [5, 5.41) is 0. The van der Waals surface area contributed by atoms with Crippen LogP contribution in [0.2, 0.25) is 0 Å². The maximum absolute atomic E-state index is 13.3.